The molecule has 0 saturated heterocycles. The summed E-state index contributed by atoms with van der Waals surface area (Å²) in [6, 6.07) is 22.1. The number of rotatable bonds is 8. The number of hydrogen-bond acceptors (Lipinski definition) is 5. The highest BCUT2D eigenvalue weighted by molar-refractivity contribution is 7.90. The van der Waals surface area contributed by atoms with Crippen molar-refractivity contribution in [2.45, 2.75) is 17.4 Å². The van der Waals surface area contributed by atoms with E-state index >= 15 is 0 Å². The fourth-order valence-corrected chi connectivity index (χ4v) is 5.11. The van der Waals surface area contributed by atoms with Gasteiger partial charge in [-0.1, -0.05) is 54.6 Å². The van der Waals surface area contributed by atoms with Crippen LogP contribution in [0.5, 0.6) is 0 Å². The number of furan rings is 1. The molecular weight excluding hydrogens is 507 g/mol. The number of urea groups is 1. The van der Waals surface area contributed by atoms with E-state index in [4.69, 9.17) is 4.42 Å². The second-order valence-electron chi connectivity index (χ2n) is 8.47. The number of benzene rings is 3. The average molecular weight is 531 g/mol. The first-order chi connectivity index (χ1) is 18.4. The molecule has 10 heteroatoms. The van der Waals surface area contributed by atoms with Crippen molar-refractivity contribution in [2.24, 2.45) is 0 Å². The van der Waals surface area contributed by atoms with Crippen LogP contribution in [0.2, 0.25) is 0 Å². The van der Waals surface area contributed by atoms with Crippen LogP contribution in [-0.4, -0.2) is 24.0 Å². The van der Waals surface area contributed by atoms with E-state index in [1.165, 1.54) is 12.1 Å². The molecule has 2 aromatic heterocycles. The van der Waals surface area contributed by atoms with E-state index in [0.717, 1.165) is 34.5 Å². The van der Waals surface area contributed by atoms with Gasteiger partial charge < -0.3 is 14.3 Å². The Bertz CT molecular complexity index is 1630. The molecule has 0 radical (unpaired) electrons. The third-order valence-corrected chi connectivity index (χ3v) is 7.29. The smallest absolute Gasteiger partial charge is 0.329 e. The van der Waals surface area contributed by atoms with E-state index in [0.29, 0.717) is 12.2 Å². The maximum Gasteiger partial charge on any atom is 0.329 e. The Labute approximate surface area is 218 Å². The number of sulfonamides is 1. The standard InChI is InChI=1S/C28H23FN4O4S/c29-24-8-4-5-9-26(24)38(35,36)32-28(34)31-25(18-20-6-2-1-3-7-20)27-30-15-16-33(27)23-12-10-21(11-13-23)22-14-17-37-19-22/h1-17,19,25H,18H2,(H2,31,32,34)/t25-/m0/s1. The summed E-state index contributed by atoms with van der Waals surface area (Å²) in [6.45, 7) is 0. The van der Waals surface area contributed by atoms with E-state index in [9.17, 15) is 17.6 Å². The summed E-state index contributed by atoms with van der Waals surface area (Å²) in [4.78, 5) is 16.8. The second kappa shape index (κ2) is 10.7. The van der Waals surface area contributed by atoms with Crippen LogP contribution >= 0.6 is 0 Å². The number of nitrogens with one attached hydrogen (secondary N) is 2. The zero-order valence-corrected chi connectivity index (χ0v) is 20.8. The highest BCUT2D eigenvalue weighted by Gasteiger charge is 2.25. The third kappa shape index (κ3) is 5.50. The van der Waals surface area contributed by atoms with Gasteiger partial charge in [0, 0.05) is 23.6 Å². The van der Waals surface area contributed by atoms with Crippen LogP contribution in [0.3, 0.4) is 0 Å². The Kier molecular flexibility index (Phi) is 7.05. The molecule has 2 N–H and O–H groups in total. The first-order valence-corrected chi connectivity index (χ1v) is 13.2. The van der Waals surface area contributed by atoms with Crippen LogP contribution in [0.25, 0.3) is 16.8 Å². The number of aromatic nitrogens is 2. The van der Waals surface area contributed by atoms with Crippen molar-refractivity contribution in [3.05, 3.63) is 127 Å². The Morgan fingerprint density at radius 3 is 2.39 bits per heavy atom. The number of carbonyl (C=O) groups excluding carboxylic acids is 1. The molecule has 0 saturated carbocycles. The summed E-state index contributed by atoms with van der Waals surface area (Å²) >= 11 is 0. The zero-order valence-electron chi connectivity index (χ0n) is 20.0. The maximum absolute atomic E-state index is 14.1. The largest absolute Gasteiger partial charge is 0.472 e. The van der Waals surface area contributed by atoms with Crippen molar-refractivity contribution in [1.82, 2.24) is 19.6 Å². The van der Waals surface area contributed by atoms with Gasteiger partial charge in [0.25, 0.3) is 10.0 Å². The third-order valence-electron chi connectivity index (χ3n) is 5.92. The number of amides is 2. The summed E-state index contributed by atoms with van der Waals surface area (Å²) < 4.78 is 48.3. The monoisotopic (exact) mass is 530 g/mol. The van der Waals surface area contributed by atoms with Crippen molar-refractivity contribution in [3.8, 4) is 16.8 Å². The van der Waals surface area contributed by atoms with Gasteiger partial charge in [-0.3, -0.25) is 0 Å². The second-order valence-corrected chi connectivity index (χ2v) is 10.1. The zero-order chi connectivity index (χ0) is 26.5. The maximum atomic E-state index is 14.1. The molecule has 2 heterocycles. The van der Waals surface area contributed by atoms with Crippen LogP contribution in [0.15, 0.2) is 119 Å². The fraction of sp³-hybridized carbons (Fsp3) is 0.0714. The Morgan fingerprint density at radius 2 is 1.68 bits per heavy atom. The molecule has 0 aliphatic carbocycles. The van der Waals surface area contributed by atoms with Crippen molar-refractivity contribution in [2.75, 3.05) is 0 Å². The number of imidazole rings is 1. The van der Waals surface area contributed by atoms with Gasteiger partial charge in [-0.2, -0.15) is 0 Å². The van der Waals surface area contributed by atoms with Gasteiger partial charge in [0.05, 0.1) is 18.6 Å². The van der Waals surface area contributed by atoms with Crippen molar-refractivity contribution >= 4 is 16.1 Å². The van der Waals surface area contributed by atoms with E-state index in [-0.39, 0.29) is 0 Å². The van der Waals surface area contributed by atoms with Crippen molar-refractivity contribution in [3.63, 3.8) is 0 Å². The van der Waals surface area contributed by atoms with Gasteiger partial charge >= 0.3 is 6.03 Å². The van der Waals surface area contributed by atoms with Crippen molar-refractivity contribution in [1.29, 1.82) is 0 Å². The highest BCUT2D eigenvalue weighted by atomic mass is 32.2. The molecule has 0 unspecified atom stereocenters. The molecule has 8 nitrogen and oxygen atoms in total. The number of halogens is 1. The first kappa shape index (κ1) is 25.0. The minimum absolute atomic E-state index is 0.331. The molecule has 3 aromatic carbocycles. The Hall–Kier alpha value is -4.70. The normalized spacial score (nSPS) is 12.1. The summed E-state index contributed by atoms with van der Waals surface area (Å²) in [5.74, 6) is -0.466. The van der Waals surface area contributed by atoms with E-state index in [2.05, 4.69) is 10.3 Å². The van der Waals surface area contributed by atoms with Gasteiger partial charge in [-0.15, -0.1) is 0 Å². The molecule has 38 heavy (non-hydrogen) atoms. The molecule has 0 spiro atoms. The van der Waals surface area contributed by atoms with Crippen LogP contribution in [0.1, 0.15) is 17.4 Å². The topological polar surface area (TPSA) is 106 Å². The lowest BCUT2D eigenvalue weighted by atomic mass is 10.0. The highest BCUT2D eigenvalue weighted by Crippen LogP contribution is 2.25. The molecule has 5 rings (SSSR count). The Balaban J connectivity index is 1.43. The molecular formula is C28H23FN4O4S. The van der Waals surface area contributed by atoms with Crippen LogP contribution in [0, 0.1) is 5.82 Å². The summed E-state index contributed by atoms with van der Waals surface area (Å²) in [5, 5.41) is 2.71. The van der Waals surface area contributed by atoms with E-state index in [1.807, 2.05) is 70.0 Å². The SMILES string of the molecule is O=C(N[C@@H](Cc1ccccc1)c1nccn1-c1ccc(-c2ccoc2)cc1)NS(=O)(=O)c1ccccc1F. The Morgan fingerprint density at radius 1 is 0.947 bits per heavy atom. The predicted molar refractivity (Wildman–Crippen MR) is 139 cm³/mol. The average Bonchev–Trinajstić information content (AvgIpc) is 3.62. The molecule has 2 amide bonds. The predicted octanol–water partition coefficient (Wildman–Crippen LogP) is 5.24. The van der Waals surface area contributed by atoms with Crippen molar-refractivity contribution < 1.29 is 22.0 Å². The van der Waals surface area contributed by atoms with Gasteiger partial charge in [-0.05, 0) is 47.9 Å². The minimum atomic E-state index is -4.44. The summed E-state index contributed by atoms with van der Waals surface area (Å²) in [5.41, 5.74) is 3.61. The summed E-state index contributed by atoms with van der Waals surface area (Å²) in [6.07, 6.45) is 6.96. The quantitative estimate of drug-likeness (QED) is 0.285. The lowest BCUT2D eigenvalue weighted by molar-refractivity contribution is 0.241. The minimum Gasteiger partial charge on any atom is -0.472 e. The van der Waals surface area contributed by atoms with E-state index in [1.54, 1.807) is 24.9 Å². The number of carbonyl (C=O) groups is 1. The van der Waals surface area contributed by atoms with Gasteiger partial charge in [0.2, 0.25) is 0 Å². The van der Waals surface area contributed by atoms with E-state index < -0.39 is 32.8 Å². The molecule has 0 aliphatic heterocycles. The van der Waals surface area contributed by atoms with Gasteiger partial charge in [0.1, 0.15) is 16.5 Å². The molecule has 192 valence electrons. The number of hydrogen-bond donors (Lipinski definition) is 2. The summed E-state index contributed by atoms with van der Waals surface area (Å²) in [7, 11) is -4.44. The lowest BCUT2D eigenvalue weighted by Crippen LogP contribution is -2.42. The van der Waals surface area contributed by atoms with Gasteiger partial charge in [-0.25, -0.2) is 27.3 Å². The first-order valence-electron chi connectivity index (χ1n) is 11.7. The molecule has 0 bridgehead atoms. The van der Waals surface area contributed by atoms with Crippen LogP contribution in [0.4, 0.5) is 9.18 Å². The number of nitrogens with zero attached hydrogens (tertiary/aromatic N) is 2. The molecule has 1 atom stereocenters. The fourth-order valence-electron chi connectivity index (χ4n) is 4.12. The van der Waals surface area contributed by atoms with Crippen LogP contribution < -0.4 is 10.0 Å². The lowest BCUT2D eigenvalue weighted by Gasteiger charge is -2.21. The molecule has 0 fully saturated rings. The van der Waals surface area contributed by atoms with Gasteiger partial charge in [0.15, 0.2) is 0 Å². The van der Waals surface area contributed by atoms with Crippen LogP contribution in [-0.2, 0) is 16.4 Å². The molecule has 5 aromatic rings. The molecule has 0 aliphatic rings.